The second-order valence-electron chi connectivity index (χ2n) is 4.74. The van der Waals surface area contributed by atoms with Gasteiger partial charge < -0.3 is 4.42 Å². The lowest BCUT2D eigenvalue weighted by atomic mass is 10.1. The van der Waals surface area contributed by atoms with Gasteiger partial charge in [0.25, 0.3) is 0 Å². The average molecular weight is 274 g/mol. The van der Waals surface area contributed by atoms with E-state index in [4.69, 9.17) is 10.3 Å². The average Bonchev–Trinajstić information content (AvgIpc) is 2.96. The van der Waals surface area contributed by atoms with Gasteiger partial charge in [0.1, 0.15) is 11.8 Å². The van der Waals surface area contributed by atoms with E-state index in [1.807, 2.05) is 20.0 Å². The molecule has 1 atom stereocenters. The van der Waals surface area contributed by atoms with E-state index in [1.165, 1.54) is 6.07 Å². The molecule has 2 heterocycles. The van der Waals surface area contributed by atoms with Crippen LogP contribution in [0.2, 0.25) is 0 Å². The molecular formula is C14H15FN4O. The number of para-hydroxylation sites is 1. The van der Waals surface area contributed by atoms with E-state index < -0.39 is 0 Å². The fraction of sp³-hybridized carbons (Fsp3) is 0.214. The third-order valence-electron chi connectivity index (χ3n) is 3.30. The zero-order chi connectivity index (χ0) is 14.3. The fourth-order valence-electron chi connectivity index (χ4n) is 2.40. The Kier molecular flexibility index (Phi) is 3.04. The van der Waals surface area contributed by atoms with Gasteiger partial charge in [0.15, 0.2) is 11.4 Å². The van der Waals surface area contributed by atoms with Crippen molar-refractivity contribution in [3.63, 3.8) is 0 Å². The summed E-state index contributed by atoms with van der Waals surface area (Å²) in [6.45, 7) is 1.90. The molecule has 0 fully saturated rings. The van der Waals surface area contributed by atoms with Gasteiger partial charge in [-0.05, 0) is 25.1 Å². The molecule has 0 saturated heterocycles. The van der Waals surface area contributed by atoms with Gasteiger partial charge >= 0.3 is 0 Å². The van der Waals surface area contributed by atoms with E-state index in [0.717, 1.165) is 11.4 Å². The quantitative estimate of drug-likeness (QED) is 0.567. The van der Waals surface area contributed by atoms with Gasteiger partial charge in [-0.3, -0.25) is 10.5 Å². The Morgan fingerprint density at radius 3 is 2.80 bits per heavy atom. The van der Waals surface area contributed by atoms with Gasteiger partial charge in [0.05, 0.1) is 11.4 Å². The Hall–Kier alpha value is -2.18. The van der Waals surface area contributed by atoms with Gasteiger partial charge in [0.2, 0.25) is 0 Å². The number of furan rings is 1. The minimum Gasteiger partial charge on any atom is -0.456 e. The largest absolute Gasteiger partial charge is 0.456 e. The van der Waals surface area contributed by atoms with E-state index in [-0.39, 0.29) is 17.4 Å². The van der Waals surface area contributed by atoms with Gasteiger partial charge in [0, 0.05) is 12.4 Å². The van der Waals surface area contributed by atoms with Crippen LogP contribution in [-0.2, 0) is 7.05 Å². The summed E-state index contributed by atoms with van der Waals surface area (Å²) in [6, 6.07) is 8.13. The molecule has 3 rings (SSSR count). The van der Waals surface area contributed by atoms with Crippen LogP contribution in [0.1, 0.15) is 23.2 Å². The van der Waals surface area contributed by atoms with Crippen LogP contribution in [0, 0.1) is 12.7 Å². The first-order valence-corrected chi connectivity index (χ1v) is 6.25. The molecule has 0 aliphatic rings. The van der Waals surface area contributed by atoms with Crippen LogP contribution < -0.4 is 11.3 Å². The molecule has 0 amide bonds. The maximum atomic E-state index is 13.7. The molecule has 5 nitrogen and oxygen atoms in total. The number of halogens is 1. The van der Waals surface area contributed by atoms with Gasteiger partial charge in [-0.15, -0.1) is 0 Å². The second-order valence-corrected chi connectivity index (χ2v) is 4.74. The highest BCUT2D eigenvalue weighted by atomic mass is 19.1. The smallest absolute Gasteiger partial charge is 0.169 e. The molecule has 6 heteroatoms. The molecule has 3 N–H and O–H groups in total. The predicted octanol–water partition coefficient (Wildman–Crippen LogP) is 2.17. The number of hydrazine groups is 1. The molecule has 1 unspecified atom stereocenters. The fourth-order valence-corrected chi connectivity index (χ4v) is 2.40. The summed E-state index contributed by atoms with van der Waals surface area (Å²) < 4.78 is 21.0. The molecule has 2 aromatic heterocycles. The number of rotatable bonds is 3. The topological polar surface area (TPSA) is 69.0 Å². The third-order valence-corrected chi connectivity index (χ3v) is 3.30. The number of nitrogens with two attached hydrogens (primary N) is 1. The van der Waals surface area contributed by atoms with Crippen LogP contribution in [0.3, 0.4) is 0 Å². The number of benzene rings is 1. The van der Waals surface area contributed by atoms with E-state index in [1.54, 1.807) is 22.9 Å². The monoisotopic (exact) mass is 274 g/mol. The minimum atomic E-state index is -0.384. The number of nitrogens with zero attached hydrogens (tertiary/aromatic N) is 2. The maximum absolute atomic E-state index is 13.7. The molecule has 0 spiro atoms. The lowest BCUT2D eigenvalue weighted by Gasteiger charge is -2.13. The van der Waals surface area contributed by atoms with Crippen LogP contribution in [0.5, 0.6) is 0 Å². The first-order chi connectivity index (χ1) is 9.60. The SMILES string of the molecule is Cc1cc(C(NN)c2cc3cccc(F)c3o2)n(C)n1. The zero-order valence-corrected chi connectivity index (χ0v) is 11.2. The summed E-state index contributed by atoms with van der Waals surface area (Å²) in [7, 11) is 1.83. The normalized spacial score (nSPS) is 13.0. The van der Waals surface area contributed by atoms with Crippen molar-refractivity contribution in [1.29, 1.82) is 0 Å². The number of aryl methyl sites for hydroxylation is 2. The number of hydrogen-bond donors (Lipinski definition) is 2. The van der Waals surface area contributed by atoms with Crippen molar-refractivity contribution in [2.45, 2.75) is 13.0 Å². The third kappa shape index (κ3) is 1.99. The molecule has 0 saturated carbocycles. The van der Waals surface area contributed by atoms with Crippen LogP contribution in [0.4, 0.5) is 4.39 Å². The first kappa shape index (κ1) is 12.8. The van der Waals surface area contributed by atoms with Crippen LogP contribution in [0.25, 0.3) is 11.0 Å². The van der Waals surface area contributed by atoms with E-state index in [9.17, 15) is 4.39 Å². The number of hydrogen-bond acceptors (Lipinski definition) is 4. The predicted molar refractivity (Wildman–Crippen MR) is 73.3 cm³/mol. The lowest BCUT2D eigenvalue weighted by Crippen LogP contribution is -2.30. The highest BCUT2D eigenvalue weighted by Crippen LogP contribution is 2.29. The standard InChI is InChI=1S/C14H15FN4O/c1-8-6-11(19(2)18-8)13(17-16)12-7-9-4-3-5-10(15)14(9)20-12/h3-7,13,17H,16H2,1-2H3. The molecule has 1 aromatic carbocycles. The zero-order valence-electron chi connectivity index (χ0n) is 11.2. The Balaban J connectivity index is 2.12. The van der Waals surface area contributed by atoms with E-state index >= 15 is 0 Å². The van der Waals surface area contributed by atoms with Crippen molar-refractivity contribution < 1.29 is 8.81 Å². The van der Waals surface area contributed by atoms with Crippen molar-refractivity contribution >= 4 is 11.0 Å². The Bertz CT molecular complexity index is 762. The van der Waals surface area contributed by atoms with Crippen LogP contribution in [0.15, 0.2) is 34.7 Å². The number of aromatic nitrogens is 2. The molecule has 20 heavy (non-hydrogen) atoms. The summed E-state index contributed by atoms with van der Waals surface area (Å²) in [6.07, 6.45) is 0. The van der Waals surface area contributed by atoms with Gasteiger partial charge in [-0.2, -0.15) is 5.10 Å². The second kappa shape index (κ2) is 4.73. The van der Waals surface area contributed by atoms with Gasteiger partial charge in [-0.25, -0.2) is 9.82 Å². The van der Waals surface area contributed by atoms with E-state index in [2.05, 4.69) is 10.5 Å². The van der Waals surface area contributed by atoms with Crippen molar-refractivity contribution in [2.24, 2.45) is 12.9 Å². The molecule has 0 aliphatic heterocycles. The number of fused-ring (bicyclic) bond motifs is 1. The Labute approximate surface area is 115 Å². The van der Waals surface area contributed by atoms with E-state index in [0.29, 0.717) is 11.1 Å². The Morgan fingerprint density at radius 2 is 2.20 bits per heavy atom. The summed E-state index contributed by atoms with van der Waals surface area (Å²) in [4.78, 5) is 0. The van der Waals surface area contributed by atoms with Crippen molar-refractivity contribution in [3.05, 3.63) is 53.3 Å². The molecule has 0 radical (unpaired) electrons. The summed E-state index contributed by atoms with van der Waals surface area (Å²) in [5, 5.41) is 4.99. The van der Waals surface area contributed by atoms with Crippen LogP contribution in [-0.4, -0.2) is 9.78 Å². The van der Waals surface area contributed by atoms with Crippen LogP contribution >= 0.6 is 0 Å². The van der Waals surface area contributed by atoms with Crippen molar-refractivity contribution in [3.8, 4) is 0 Å². The minimum absolute atomic E-state index is 0.238. The molecular weight excluding hydrogens is 259 g/mol. The highest BCUT2D eigenvalue weighted by Gasteiger charge is 2.21. The first-order valence-electron chi connectivity index (χ1n) is 6.25. The molecule has 104 valence electrons. The number of nitrogens with one attached hydrogen (secondary N) is 1. The summed E-state index contributed by atoms with van der Waals surface area (Å²) in [5.74, 6) is 5.80. The van der Waals surface area contributed by atoms with Crippen molar-refractivity contribution in [2.75, 3.05) is 0 Å². The molecule has 0 aliphatic carbocycles. The summed E-state index contributed by atoms with van der Waals surface area (Å²) >= 11 is 0. The Morgan fingerprint density at radius 1 is 1.40 bits per heavy atom. The highest BCUT2D eigenvalue weighted by molar-refractivity contribution is 5.78. The summed E-state index contributed by atoms with van der Waals surface area (Å²) in [5.41, 5.74) is 4.66. The lowest BCUT2D eigenvalue weighted by molar-refractivity contribution is 0.449. The molecule has 0 bridgehead atoms. The maximum Gasteiger partial charge on any atom is 0.169 e. The molecule has 3 aromatic rings. The van der Waals surface area contributed by atoms with Gasteiger partial charge in [-0.1, -0.05) is 12.1 Å². The van der Waals surface area contributed by atoms with Crippen molar-refractivity contribution in [1.82, 2.24) is 15.2 Å².